The molecule has 4 rings (SSSR count). The number of aromatic carboxylic acids is 1. The second-order valence-corrected chi connectivity index (χ2v) is 10.1. The molecule has 0 amide bonds. The first-order valence-electron chi connectivity index (χ1n) is 9.54. The average molecular weight is 578 g/mol. The first-order chi connectivity index (χ1) is 16.8. The maximum absolute atomic E-state index is 12.8. The van der Waals surface area contributed by atoms with E-state index in [1.54, 1.807) is 0 Å². The van der Waals surface area contributed by atoms with Gasteiger partial charge in [0, 0.05) is 0 Å². The van der Waals surface area contributed by atoms with E-state index < -0.39 is 58.7 Å². The van der Waals surface area contributed by atoms with Crippen LogP contribution in [0.3, 0.4) is 0 Å². The summed E-state index contributed by atoms with van der Waals surface area (Å²) in [4.78, 5) is 23.3. The molecule has 1 aromatic heterocycles. The zero-order valence-electron chi connectivity index (χ0n) is 19.5. The van der Waals surface area contributed by atoms with Crippen LogP contribution in [0, 0.1) is 0 Å². The predicted molar refractivity (Wildman–Crippen MR) is 118 cm³/mol. The van der Waals surface area contributed by atoms with Crippen LogP contribution in [0.25, 0.3) is 16.5 Å². The molecule has 0 aliphatic rings. The smallest absolute Gasteiger partial charge is 0.872 e. The summed E-state index contributed by atoms with van der Waals surface area (Å²) >= 11 is 0. The fraction of sp³-hybridized carbons (Fsp3) is 0. The van der Waals surface area contributed by atoms with Crippen LogP contribution in [0.2, 0.25) is 0 Å². The molecule has 1 heterocycles. The van der Waals surface area contributed by atoms with Gasteiger partial charge in [0.25, 0.3) is 25.8 Å². The number of rotatable bonds is 6. The standard InChI is InChI=1S/C20H14N4O10S2.2Na/c25-16-9-14(36(32,33)34)7-10-1-2-11(8-15(10)16)21-22-17-18(20(27)28)23-24(19(17)26)12-3-5-13(6-4-12)35(29,30)31;;/h1-9,23,25H,(H,27,28)(H,29,30,31)(H,32,33,34);;/q;2*+1/p-2. The Hall–Kier alpha value is -2.38. The molecule has 0 bridgehead atoms. The van der Waals surface area contributed by atoms with Gasteiger partial charge in [-0.3, -0.25) is 19.0 Å². The van der Waals surface area contributed by atoms with E-state index in [1.165, 1.54) is 18.2 Å². The van der Waals surface area contributed by atoms with E-state index in [4.69, 9.17) is 9.11 Å². The summed E-state index contributed by atoms with van der Waals surface area (Å²) in [7, 11) is -9.10. The molecular weight excluding hydrogens is 566 g/mol. The van der Waals surface area contributed by atoms with Crippen molar-refractivity contribution in [3.63, 3.8) is 0 Å². The Labute approximate surface area is 258 Å². The average Bonchev–Trinajstić information content (AvgIpc) is 3.13. The van der Waals surface area contributed by atoms with Gasteiger partial charge in [-0.15, -0.1) is 5.11 Å². The van der Waals surface area contributed by atoms with E-state index >= 15 is 0 Å². The summed E-state index contributed by atoms with van der Waals surface area (Å²) in [5.41, 5.74) is -2.38. The summed E-state index contributed by atoms with van der Waals surface area (Å²) in [6, 6.07) is 9.84. The summed E-state index contributed by atoms with van der Waals surface area (Å²) in [5.74, 6) is -2.54. The molecule has 14 nitrogen and oxygen atoms in total. The number of nitrogens with one attached hydrogen (secondary N) is 1. The van der Waals surface area contributed by atoms with Crippen LogP contribution in [0.1, 0.15) is 10.5 Å². The van der Waals surface area contributed by atoms with Crippen LogP contribution in [-0.4, -0.2) is 41.7 Å². The number of fused-ring (bicyclic) bond motifs is 1. The Morgan fingerprint density at radius 2 is 1.47 bits per heavy atom. The Morgan fingerprint density at radius 1 is 0.868 bits per heavy atom. The third-order valence-electron chi connectivity index (χ3n) is 4.90. The Balaban J connectivity index is 0.00000253. The van der Waals surface area contributed by atoms with Crippen LogP contribution in [-0.2, 0) is 20.2 Å². The predicted octanol–water partition coefficient (Wildman–Crippen LogP) is -5.33. The van der Waals surface area contributed by atoms with E-state index in [-0.39, 0.29) is 81.3 Å². The van der Waals surface area contributed by atoms with Crippen molar-refractivity contribution in [2.45, 2.75) is 9.79 Å². The van der Waals surface area contributed by atoms with Crippen LogP contribution in [0.15, 0.2) is 79.4 Å². The Bertz CT molecular complexity index is 1850. The van der Waals surface area contributed by atoms with Crippen LogP contribution >= 0.6 is 0 Å². The molecule has 0 aliphatic heterocycles. The minimum atomic E-state index is -4.61. The van der Waals surface area contributed by atoms with Gasteiger partial charge >= 0.3 is 59.1 Å². The largest absolute Gasteiger partial charge is 1.00 e. The zero-order valence-corrected chi connectivity index (χ0v) is 25.1. The van der Waals surface area contributed by atoms with Gasteiger partial charge in [-0.1, -0.05) is 11.8 Å². The number of aromatic nitrogens is 2. The fourth-order valence-corrected chi connectivity index (χ4v) is 4.23. The van der Waals surface area contributed by atoms with E-state index in [9.17, 15) is 36.6 Å². The van der Waals surface area contributed by atoms with Gasteiger partial charge in [-0.05, 0) is 59.3 Å². The van der Waals surface area contributed by atoms with Crippen LogP contribution in [0.4, 0.5) is 11.4 Å². The number of hydrogen-bond donors (Lipinski definition) is 3. The normalized spacial score (nSPS) is 11.7. The van der Waals surface area contributed by atoms with Crippen molar-refractivity contribution >= 4 is 48.4 Å². The van der Waals surface area contributed by atoms with Crippen molar-refractivity contribution in [3.8, 4) is 11.4 Å². The monoisotopic (exact) mass is 578 g/mol. The maximum atomic E-state index is 12.8. The Kier molecular flexibility index (Phi) is 9.87. The molecule has 0 aliphatic carbocycles. The fourth-order valence-electron chi connectivity index (χ4n) is 3.22. The summed E-state index contributed by atoms with van der Waals surface area (Å²) < 4.78 is 63.9. The molecule has 186 valence electrons. The second-order valence-electron chi connectivity index (χ2n) is 7.23. The van der Waals surface area contributed by atoms with E-state index in [0.717, 1.165) is 35.0 Å². The third kappa shape index (κ3) is 6.60. The van der Waals surface area contributed by atoms with Crippen molar-refractivity contribution in [1.29, 1.82) is 0 Å². The van der Waals surface area contributed by atoms with Crippen molar-refractivity contribution in [1.82, 2.24) is 9.78 Å². The number of carboxylic acids is 1. The zero-order chi connectivity index (χ0) is 26.4. The van der Waals surface area contributed by atoms with Gasteiger partial charge in [0.15, 0.2) is 5.69 Å². The molecule has 3 N–H and O–H groups in total. The van der Waals surface area contributed by atoms with Crippen LogP contribution in [0.5, 0.6) is 5.75 Å². The molecule has 3 aromatic carbocycles. The minimum absolute atomic E-state index is 0. The first-order valence-corrected chi connectivity index (χ1v) is 12.4. The molecule has 0 radical (unpaired) electrons. The number of nitrogens with zero attached hydrogens (tertiary/aromatic N) is 3. The topological polar surface area (TPSA) is 234 Å². The molecule has 0 atom stereocenters. The molecule has 0 saturated carbocycles. The number of benzene rings is 3. The number of carboxylic acid groups (broad SMARTS) is 1. The SMILES string of the molecule is O=C([O-])c1[nH]n(-c2ccc(S(=O)(=O)O)cc2)c(=O)c1N=Nc1ccc2cc(S(=O)(=O)O)cc([O-])c2c1.[Na+].[Na+]. The number of carbonyl (C=O) groups is 1. The van der Waals surface area contributed by atoms with E-state index in [0.29, 0.717) is 6.07 Å². The number of H-pyrrole nitrogens is 1. The first kappa shape index (κ1) is 31.8. The van der Waals surface area contributed by atoms with Crippen molar-refractivity contribution in [2.24, 2.45) is 10.2 Å². The quantitative estimate of drug-likeness (QED) is 0.112. The summed E-state index contributed by atoms with van der Waals surface area (Å²) in [6.45, 7) is 0. The van der Waals surface area contributed by atoms with Crippen LogP contribution < -0.4 is 74.9 Å². The van der Waals surface area contributed by atoms with Gasteiger partial charge in [0.2, 0.25) is 0 Å². The molecular formula is C20H12N4Na2O10S2. The van der Waals surface area contributed by atoms with E-state index in [1.807, 2.05) is 0 Å². The molecule has 0 unspecified atom stereocenters. The number of hydrogen-bond acceptors (Lipinski definition) is 10. The Morgan fingerprint density at radius 3 is 2.03 bits per heavy atom. The number of carbonyl (C=O) groups excluding carboxylic acids is 1. The van der Waals surface area contributed by atoms with Gasteiger partial charge in [0.05, 0.1) is 27.1 Å². The van der Waals surface area contributed by atoms with Gasteiger partial charge in [0.1, 0.15) is 5.69 Å². The van der Waals surface area contributed by atoms with Gasteiger partial charge in [-0.2, -0.15) is 21.9 Å². The summed E-state index contributed by atoms with van der Waals surface area (Å²) in [5, 5.41) is 33.7. The van der Waals surface area contributed by atoms with Crippen molar-refractivity contribution in [2.75, 3.05) is 0 Å². The molecule has 4 aromatic rings. The van der Waals surface area contributed by atoms with Gasteiger partial charge in [-0.25, -0.2) is 4.68 Å². The molecule has 38 heavy (non-hydrogen) atoms. The minimum Gasteiger partial charge on any atom is -0.872 e. The van der Waals surface area contributed by atoms with Crippen molar-refractivity contribution < 1.29 is 100 Å². The molecule has 0 saturated heterocycles. The third-order valence-corrected chi connectivity index (χ3v) is 6.60. The second kappa shape index (κ2) is 11.8. The van der Waals surface area contributed by atoms with Gasteiger partial charge < -0.3 is 15.0 Å². The maximum Gasteiger partial charge on any atom is 1.00 e. The molecule has 0 spiro atoms. The molecule has 18 heteroatoms. The summed E-state index contributed by atoms with van der Waals surface area (Å²) in [6.07, 6.45) is 0. The van der Waals surface area contributed by atoms with Crippen molar-refractivity contribution in [3.05, 3.63) is 70.6 Å². The number of aromatic amines is 1. The number of azo groups is 1. The van der Waals surface area contributed by atoms with E-state index in [2.05, 4.69) is 15.3 Å². The molecule has 0 fully saturated rings.